The summed E-state index contributed by atoms with van der Waals surface area (Å²) in [6, 6.07) is 15.3. The number of para-hydroxylation sites is 2. The first kappa shape index (κ1) is 19.2. The second-order valence-corrected chi connectivity index (χ2v) is 7.60. The molecule has 0 saturated carbocycles. The number of carbonyl (C=O) groups excluding carboxylic acids is 1. The Labute approximate surface area is 169 Å². The molecule has 6 heteroatoms. The number of piperidine rings is 1. The molecule has 4 rings (SSSR count). The predicted octanol–water partition coefficient (Wildman–Crippen LogP) is 3.02. The first-order chi connectivity index (χ1) is 14.1. The van der Waals surface area contributed by atoms with Gasteiger partial charge in [-0.2, -0.15) is 0 Å². The number of nitrogens with zero attached hydrogens (tertiary/aromatic N) is 3. The van der Waals surface area contributed by atoms with Crippen molar-refractivity contribution < 1.29 is 9.53 Å². The molecule has 2 aromatic carbocycles. The maximum atomic E-state index is 12.7. The van der Waals surface area contributed by atoms with Crippen LogP contribution in [0.4, 0.5) is 0 Å². The van der Waals surface area contributed by atoms with Crippen LogP contribution in [0.5, 0.6) is 5.75 Å². The van der Waals surface area contributed by atoms with Crippen molar-refractivity contribution in [3.63, 3.8) is 0 Å². The van der Waals surface area contributed by atoms with E-state index in [4.69, 9.17) is 4.74 Å². The van der Waals surface area contributed by atoms with E-state index in [-0.39, 0.29) is 18.0 Å². The van der Waals surface area contributed by atoms with E-state index in [0.29, 0.717) is 36.5 Å². The van der Waals surface area contributed by atoms with Crippen LogP contribution in [0.25, 0.3) is 10.9 Å². The molecule has 0 unspecified atom stereocenters. The molecule has 3 aromatic rings. The quantitative estimate of drug-likeness (QED) is 0.671. The van der Waals surface area contributed by atoms with E-state index in [9.17, 15) is 9.59 Å². The Kier molecular flexibility index (Phi) is 5.60. The average Bonchev–Trinajstić information content (AvgIpc) is 2.76. The first-order valence-corrected chi connectivity index (χ1v) is 10.0. The van der Waals surface area contributed by atoms with E-state index >= 15 is 0 Å². The molecule has 29 heavy (non-hydrogen) atoms. The summed E-state index contributed by atoms with van der Waals surface area (Å²) in [5, 5.41) is 0.553. The molecule has 1 aliphatic heterocycles. The van der Waals surface area contributed by atoms with Gasteiger partial charge in [0.2, 0.25) is 5.91 Å². The second-order valence-electron chi connectivity index (χ2n) is 7.60. The molecule has 0 aliphatic carbocycles. The van der Waals surface area contributed by atoms with E-state index < -0.39 is 0 Å². The fourth-order valence-electron chi connectivity index (χ4n) is 3.78. The van der Waals surface area contributed by atoms with Crippen molar-refractivity contribution in [2.45, 2.75) is 26.3 Å². The zero-order valence-corrected chi connectivity index (χ0v) is 16.6. The number of aromatic nitrogens is 2. The SMILES string of the molecule is Cc1cccc2c(=O)n(CC(=O)N3CCC(COc4ccccc4)CC3)cnc12. The van der Waals surface area contributed by atoms with Gasteiger partial charge in [0.1, 0.15) is 12.3 Å². The molecule has 0 spiro atoms. The largest absolute Gasteiger partial charge is 0.493 e. The minimum absolute atomic E-state index is 0.0287. The zero-order chi connectivity index (χ0) is 20.2. The van der Waals surface area contributed by atoms with E-state index in [2.05, 4.69) is 4.98 Å². The maximum Gasteiger partial charge on any atom is 0.261 e. The summed E-state index contributed by atoms with van der Waals surface area (Å²) in [5.41, 5.74) is 1.48. The van der Waals surface area contributed by atoms with Gasteiger partial charge in [-0.25, -0.2) is 4.98 Å². The number of carbonyl (C=O) groups is 1. The monoisotopic (exact) mass is 391 g/mol. The fourth-order valence-corrected chi connectivity index (χ4v) is 3.78. The van der Waals surface area contributed by atoms with E-state index in [1.165, 1.54) is 10.9 Å². The Balaban J connectivity index is 1.34. The van der Waals surface area contributed by atoms with E-state index in [1.807, 2.05) is 54.3 Å². The Hall–Kier alpha value is -3.15. The van der Waals surface area contributed by atoms with Gasteiger partial charge in [0.05, 0.1) is 23.8 Å². The average molecular weight is 391 g/mol. The summed E-state index contributed by atoms with van der Waals surface area (Å²) in [7, 11) is 0. The zero-order valence-electron chi connectivity index (χ0n) is 16.6. The lowest BCUT2D eigenvalue weighted by atomic mass is 9.98. The highest BCUT2D eigenvalue weighted by molar-refractivity contribution is 5.81. The number of benzene rings is 2. The van der Waals surface area contributed by atoms with Crippen molar-refractivity contribution in [3.8, 4) is 5.75 Å². The van der Waals surface area contributed by atoms with Gasteiger partial charge >= 0.3 is 0 Å². The van der Waals surface area contributed by atoms with Crippen LogP contribution >= 0.6 is 0 Å². The lowest BCUT2D eigenvalue weighted by Gasteiger charge is -2.32. The molecule has 1 aromatic heterocycles. The van der Waals surface area contributed by atoms with Crippen LogP contribution in [0, 0.1) is 12.8 Å². The number of rotatable bonds is 5. The molecular weight excluding hydrogens is 366 g/mol. The molecule has 0 atom stereocenters. The normalized spacial score (nSPS) is 14.9. The topological polar surface area (TPSA) is 64.4 Å². The molecule has 150 valence electrons. The first-order valence-electron chi connectivity index (χ1n) is 10.0. The fraction of sp³-hybridized carbons (Fsp3) is 0.348. The summed E-state index contributed by atoms with van der Waals surface area (Å²) in [6.07, 6.45) is 3.29. The smallest absolute Gasteiger partial charge is 0.261 e. The molecule has 1 saturated heterocycles. The lowest BCUT2D eigenvalue weighted by molar-refractivity contribution is -0.133. The van der Waals surface area contributed by atoms with Gasteiger partial charge in [0.25, 0.3) is 5.56 Å². The molecule has 6 nitrogen and oxygen atoms in total. The second kappa shape index (κ2) is 8.47. The highest BCUT2D eigenvalue weighted by Crippen LogP contribution is 2.20. The molecule has 2 heterocycles. The number of fused-ring (bicyclic) bond motifs is 1. The van der Waals surface area contributed by atoms with Crippen molar-refractivity contribution in [1.82, 2.24) is 14.5 Å². The third-order valence-electron chi connectivity index (χ3n) is 5.56. The van der Waals surface area contributed by atoms with Crippen LogP contribution in [-0.4, -0.2) is 40.1 Å². The third kappa shape index (κ3) is 4.31. The van der Waals surface area contributed by atoms with Crippen LogP contribution in [0.3, 0.4) is 0 Å². The lowest BCUT2D eigenvalue weighted by Crippen LogP contribution is -2.42. The van der Waals surface area contributed by atoms with Gasteiger partial charge in [0, 0.05) is 13.1 Å². The molecule has 0 radical (unpaired) electrons. The molecular formula is C23H25N3O3. The van der Waals surface area contributed by atoms with Crippen molar-refractivity contribution in [2.75, 3.05) is 19.7 Å². The van der Waals surface area contributed by atoms with Gasteiger partial charge in [-0.1, -0.05) is 30.3 Å². The Morgan fingerprint density at radius 3 is 2.62 bits per heavy atom. The van der Waals surface area contributed by atoms with Gasteiger partial charge in [0.15, 0.2) is 0 Å². The highest BCUT2D eigenvalue weighted by atomic mass is 16.5. The number of hydrogen-bond acceptors (Lipinski definition) is 4. The number of amides is 1. The summed E-state index contributed by atoms with van der Waals surface area (Å²) in [6.45, 7) is 4.00. The number of hydrogen-bond donors (Lipinski definition) is 0. The molecule has 1 fully saturated rings. The van der Waals surface area contributed by atoms with Crippen molar-refractivity contribution in [1.29, 1.82) is 0 Å². The van der Waals surface area contributed by atoms with Gasteiger partial charge in [-0.05, 0) is 49.4 Å². The number of likely N-dealkylation sites (tertiary alicyclic amines) is 1. The minimum Gasteiger partial charge on any atom is -0.493 e. The molecule has 1 amide bonds. The van der Waals surface area contributed by atoms with Gasteiger partial charge < -0.3 is 9.64 Å². The number of aryl methyl sites for hydroxylation is 1. The summed E-state index contributed by atoms with van der Waals surface area (Å²) < 4.78 is 7.26. The molecule has 1 aliphatic rings. The summed E-state index contributed by atoms with van der Waals surface area (Å²) in [5.74, 6) is 1.28. The van der Waals surface area contributed by atoms with Crippen molar-refractivity contribution in [3.05, 3.63) is 70.8 Å². The van der Waals surface area contributed by atoms with Gasteiger partial charge in [-0.15, -0.1) is 0 Å². The van der Waals surface area contributed by atoms with Crippen molar-refractivity contribution >= 4 is 16.8 Å². The van der Waals surface area contributed by atoms with Gasteiger partial charge in [-0.3, -0.25) is 14.2 Å². The van der Waals surface area contributed by atoms with Crippen LogP contribution in [0.1, 0.15) is 18.4 Å². The summed E-state index contributed by atoms with van der Waals surface area (Å²) >= 11 is 0. The Morgan fingerprint density at radius 2 is 1.86 bits per heavy atom. The van der Waals surface area contributed by atoms with Crippen LogP contribution in [-0.2, 0) is 11.3 Å². The maximum absolute atomic E-state index is 12.7. The number of ether oxygens (including phenoxy) is 1. The third-order valence-corrected chi connectivity index (χ3v) is 5.56. The van der Waals surface area contributed by atoms with E-state index in [0.717, 1.165) is 24.2 Å². The molecule has 0 bridgehead atoms. The van der Waals surface area contributed by atoms with Crippen LogP contribution in [0.2, 0.25) is 0 Å². The van der Waals surface area contributed by atoms with E-state index in [1.54, 1.807) is 6.07 Å². The van der Waals surface area contributed by atoms with Crippen LogP contribution < -0.4 is 10.3 Å². The Bertz CT molecular complexity index is 1050. The standard InChI is InChI=1S/C23H25N3O3/c1-17-6-5-9-20-22(17)24-16-26(23(20)28)14-21(27)25-12-10-18(11-13-25)15-29-19-7-3-2-4-8-19/h2-9,16,18H,10-15H2,1H3. The minimum atomic E-state index is -0.168. The predicted molar refractivity (Wildman–Crippen MR) is 112 cm³/mol. The summed E-state index contributed by atoms with van der Waals surface area (Å²) in [4.78, 5) is 31.6. The Morgan fingerprint density at radius 1 is 1.10 bits per heavy atom. The van der Waals surface area contributed by atoms with Crippen LogP contribution in [0.15, 0.2) is 59.7 Å². The van der Waals surface area contributed by atoms with Crippen molar-refractivity contribution in [2.24, 2.45) is 5.92 Å². The highest BCUT2D eigenvalue weighted by Gasteiger charge is 2.23. The molecule has 0 N–H and O–H groups in total.